The first-order chi connectivity index (χ1) is 16.9. The fourth-order valence-electron chi connectivity index (χ4n) is 4.78. The highest BCUT2D eigenvalue weighted by Gasteiger charge is 2.33. The SMILES string of the molecule is CC(=O)N1CC=C(c2cc3/c(=N/[C@H](C)c4cccc(C(F)(F)F)c4C)ncn(C)c3n(C)c2=O)CC1. The molecule has 2 aromatic heterocycles. The van der Waals surface area contributed by atoms with Gasteiger partial charge in [0.1, 0.15) is 5.65 Å². The zero-order valence-corrected chi connectivity index (χ0v) is 20.8. The van der Waals surface area contributed by atoms with Crippen molar-refractivity contribution in [1.82, 2.24) is 19.0 Å². The van der Waals surface area contributed by atoms with Crippen molar-refractivity contribution >= 4 is 22.5 Å². The Morgan fingerprint density at radius 1 is 1.22 bits per heavy atom. The Bertz CT molecular complexity index is 1510. The number of hydrogen-bond donors (Lipinski definition) is 0. The van der Waals surface area contributed by atoms with Gasteiger partial charge in [0.2, 0.25) is 5.91 Å². The lowest BCUT2D eigenvalue weighted by atomic mass is 9.97. The van der Waals surface area contributed by atoms with E-state index in [4.69, 9.17) is 4.99 Å². The van der Waals surface area contributed by atoms with Crippen LogP contribution in [0.4, 0.5) is 13.2 Å². The molecular weight excluding hydrogens is 471 g/mol. The molecule has 1 amide bonds. The van der Waals surface area contributed by atoms with E-state index in [0.717, 1.165) is 11.6 Å². The number of carbonyl (C=O) groups is 1. The first-order valence-corrected chi connectivity index (χ1v) is 11.6. The molecule has 3 heterocycles. The predicted molar refractivity (Wildman–Crippen MR) is 131 cm³/mol. The van der Waals surface area contributed by atoms with Crippen LogP contribution >= 0.6 is 0 Å². The number of pyridine rings is 1. The van der Waals surface area contributed by atoms with E-state index >= 15 is 0 Å². The highest BCUT2D eigenvalue weighted by atomic mass is 19.4. The quantitative estimate of drug-likeness (QED) is 0.549. The second-order valence-electron chi connectivity index (χ2n) is 9.11. The Morgan fingerprint density at radius 3 is 2.56 bits per heavy atom. The standard InChI is InChI=1S/C26H28F3N5O2/c1-15-19(7-6-8-22(15)26(27,28)29)16(2)31-23-21-13-20(18-9-11-34(12-10-18)17(3)35)25(36)33(5)24(21)32(4)14-30-23/h6-9,13-14,16H,10-12H2,1-5H3/b31-23-/t16-/m1/s1. The number of rotatable bonds is 3. The third-order valence-electron chi connectivity index (χ3n) is 6.76. The molecule has 4 rings (SSSR count). The van der Waals surface area contributed by atoms with Crippen molar-refractivity contribution in [3.8, 4) is 0 Å². The molecule has 0 radical (unpaired) electrons. The smallest absolute Gasteiger partial charge is 0.339 e. The van der Waals surface area contributed by atoms with Gasteiger partial charge in [0, 0.05) is 39.7 Å². The number of hydrogen-bond acceptors (Lipinski definition) is 4. The molecule has 0 saturated heterocycles. The summed E-state index contributed by atoms with van der Waals surface area (Å²) < 4.78 is 43.6. The van der Waals surface area contributed by atoms with Gasteiger partial charge < -0.3 is 9.47 Å². The molecule has 1 aromatic carbocycles. The van der Waals surface area contributed by atoms with E-state index in [9.17, 15) is 22.8 Å². The van der Waals surface area contributed by atoms with Gasteiger partial charge in [-0.25, -0.2) is 4.98 Å². The summed E-state index contributed by atoms with van der Waals surface area (Å²) in [6.45, 7) is 5.64. The minimum Gasteiger partial charge on any atom is -0.339 e. The van der Waals surface area contributed by atoms with E-state index < -0.39 is 17.8 Å². The average molecular weight is 500 g/mol. The molecule has 0 N–H and O–H groups in total. The van der Waals surface area contributed by atoms with Gasteiger partial charge in [0.25, 0.3) is 5.56 Å². The summed E-state index contributed by atoms with van der Waals surface area (Å²) in [7, 11) is 3.44. The van der Waals surface area contributed by atoms with Gasteiger partial charge in [0.15, 0.2) is 5.49 Å². The normalized spacial score (nSPS) is 15.8. The van der Waals surface area contributed by atoms with Gasteiger partial charge in [0.05, 0.1) is 23.3 Å². The maximum atomic E-state index is 13.4. The molecule has 0 bridgehead atoms. The first kappa shape index (κ1) is 25.4. The van der Waals surface area contributed by atoms with Crippen LogP contribution < -0.4 is 11.0 Å². The van der Waals surface area contributed by atoms with Gasteiger partial charge in [-0.2, -0.15) is 13.2 Å². The van der Waals surface area contributed by atoms with Gasteiger partial charge in [-0.05, 0) is 49.1 Å². The second kappa shape index (κ2) is 9.40. The van der Waals surface area contributed by atoms with E-state index in [-0.39, 0.29) is 17.0 Å². The van der Waals surface area contributed by atoms with E-state index in [0.29, 0.717) is 47.2 Å². The van der Waals surface area contributed by atoms with E-state index in [1.165, 1.54) is 30.8 Å². The Morgan fingerprint density at radius 2 is 1.94 bits per heavy atom. The van der Waals surface area contributed by atoms with Crippen LogP contribution in [-0.4, -0.2) is 38.0 Å². The number of aryl methyl sites for hydroxylation is 2. The Kier molecular flexibility index (Phi) is 6.64. The van der Waals surface area contributed by atoms with Gasteiger partial charge in [-0.3, -0.25) is 19.1 Å². The molecule has 190 valence electrons. The minimum absolute atomic E-state index is 0.0205. The number of aromatic nitrogens is 3. The number of amides is 1. The molecule has 0 fully saturated rings. The molecule has 1 atom stereocenters. The highest BCUT2D eigenvalue weighted by molar-refractivity contribution is 5.81. The second-order valence-corrected chi connectivity index (χ2v) is 9.11. The summed E-state index contributed by atoms with van der Waals surface area (Å²) in [4.78, 5) is 35.8. The summed E-state index contributed by atoms with van der Waals surface area (Å²) in [5.74, 6) is -0.0205. The third-order valence-corrected chi connectivity index (χ3v) is 6.76. The minimum atomic E-state index is -4.45. The van der Waals surface area contributed by atoms with Crippen molar-refractivity contribution in [1.29, 1.82) is 0 Å². The van der Waals surface area contributed by atoms with Crippen molar-refractivity contribution in [2.24, 2.45) is 19.1 Å². The van der Waals surface area contributed by atoms with E-state index in [1.54, 1.807) is 42.6 Å². The van der Waals surface area contributed by atoms with Crippen molar-refractivity contribution in [3.05, 3.63) is 74.8 Å². The molecule has 0 spiro atoms. The number of halogens is 3. The molecular formula is C26H28F3N5O2. The first-order valence-electron chi connectivity index (χ1n) is 11.6. The molecule has 0 aliphatic carbocycles. The number of fused-ring (bicyclic) bond motifs is 1. The fourth-order valence-corrected chi connectivity index (χ4v) is 4.78. The van der Waals surface area contributed by atoms with Crippen LogP contribution in [0.1, 0.15) is 48.6 Å². The van der Waals surface area contributed by atoms with Gasteiger partial charge >= 0.3 is 6.18 Å². The zero-order valence-electron chi connectivity index (χ0n) is 20.8. The highest BCUT2D eigenvalue weighted by Crippen LogP contribution is 2.35. The van der Waals surface area contributed by atoms with Crippen molar-refractivity contribution in [2.75, 3.05) is 13.1 Å². The van der Waals surface area contributed by atoms with E-state index in [1.807, 2.05) is 6.08 Å². The lowest BCUT2D eigenvalue weighted by Gasteiger charge is -2.25. The Hall–Kier alpha value is -3.69. The monoisotopic (exact) mass is 499 g/mol. The summed E-state index contributed by atoms with van der Waals surface area (Å²) in [6, 6.07) is 5.24. The average Bonchev–Trinajstić information content (AvgIpc) is 2.82. The summed E-state index contributed by atoms with van der Waals surface area (Å²) in [5.41, 5.74) is 1.99. The third kappa shape index (κ3) is 4.59. The molecule has 0 saturated carbocycles. The maximum absolute atomic E-state index is 13.4. The molecule has 7 nitrogen and oxygen atoms in total. The van der Waals surface area contributed by atoms with Gasteiger partial charge in [-0.15, -0.1) is 0 Å². The van der Waals surface area contributed by atoms with Crippen LogP contribution in [0.15, 0.2) is 46.5 Å². The summed E-state index contributed by atoms with van der Waals surface area (Å²) >= 11 is 0. The number of alkyl halides is 3. The zero-order chi connectivity index (χ0) is 26.4. The molecule has 0 unspecified atom stereocenters. The molecule has 1 aliphatic rings. The van der Waals surface area contributed by atoms with Crippen LogP contribution in [0.5, 0.6) is 0 Å². The van der Waals surface area contributed by atoms with Crippen LogP contribution in [0.2, 0.25) is 0 Å². The lowest BCUT2D eigenvalue weighted by Crippen LogP contribution is -2.34. The molecule has 1 aliphatic heterocycles. The number of benzene rings is 1. The summed E-state index contributed by atoms with van der Waals surface area (Å²) in [6.07, 6.45) is -0.491. The van der Waals surface area contributed by atoms with Crippen molar-refractivity contribution in [2.45, 2.75) is 39.4 Å². The molecule has 3 aromatic rings. The van der Waals surface area contributed by atoms with Crippen LogP contribution in [0.25, 0.3) is 16.6 Å². The number of carbonyl (C=O) groups excluding carboxylic acids is 1. The maximum Gasteiger partial charge on any atom is 0.416 e. The van der Waals surface area contributed by atoms with Crippen LogP contribution in [-0.2, 0) is 25.1 Å². The topological polar surface area (TPSA) is 72.5 Å². The van der Waals surface area contributed by atoms with E-state index in [2.05, 4.69) is 4.98 Å². The lowest BCUT2D eigenvalue weighted by molar-refractivity contribution is -0.138. The Labute approximate surface area is 206 Å². The molecule has 36 heavy (non-hydrogen) atoms. The van der Waals surface area contributed by atoms with Crippen molar-refractivity contribution in [3.63, 3.8) is 0 Å². The number of nitrogens with zero attached hydrogens (tertiary/aromatic N) is 5. The predicted octanol–water partition coefficient (Wildman–Crippen LogP) is 3.90. The fraction of sp³-hybridized carbons (Fsp3) is 0.385. The Balaban J connectivity index is 1.89. The largest absolute Gasteiger partial charge is 0.416 e. The van der Waals surface area contributed by atoms with Crippen LogP contribution in [0, 0.1) is 6.92 Å². The van der Waals surface area contributed by atoms with Gasteiger partial charge in [-0.1, -0.05) is 18.2 Å². The molecule has 10 heteroatoms. The summed E-state index contributed by atoms with van der Waals surface area (Å²) in [5, 5.41) is 0.614. The van der Waals surface area contributed by atoms with Crippen LogP contribution in [0.3, 0.4) is 0 Å². The van der Waals surface area contributed by atoms with Crippen molar-refractivity contribution < 1.29 is 18.0 Å².